The second-order valence-corrected chi connectivity index (χ2v) is 10.3. The Labute approximate surface area is 241 Å². The Hall–Kier alpha value is -3.71. The van der Waals surface area contributed by atoms with Crippen molar-refractivity contribution in [1.29, 1.82) is 0 Å². The summed E-state index contributed by atoms with van der Waals surface area (Å²) in [5, 5.41) is 101. The summed E-state index contributed by atoms with van der Waals surface area (Å²) in [6.07, 6.45) is -16.2. The maximum absolute atomic E-state index is 13.6. The monoisotopic (exact) mass is 610 g/mol. The van der Waals surface area contributed by atoms with Gasteiger partial charge in [0.25, 0.3) is 0 Å². The number of hydrogen-bond donors (Lipinski definition) is 10. The van der Waals surface area contributed by atoms with Crippen LogP contribution in [0.1, 0.15) is 6.92 Å². The van der Waals surface area contributed by atoms with Crippen LogP contribution < -0.4 is 10.2 Å². The highest BCUT2D eigenvalue weighted by Gasteiger charge is 2.47. The Morgan fingerprint density at radius 2 is 1.42 bits per heavy atom. The molecule has 1 aromatic heterocycles. The van der Waals surface area contributed by atoms with E-state index in [0.29, 0.717) is 0 Å². The molecule has 3 aromatic rings. The fraction of sp³-hybridized carbons (Fsp3) is 0.444. The number of rotatable bonds is 6. The molecule has 0 saturated carbocycles. The molecule has 2 aliphatic rings. The Morgan fingerprint density at radius 3 is 2.12 bits per heavy atom. The number of phenols is 4. The normalized spacial score (nSPS) is 33.0. The van der Waals surface area contributed by atoms with Crippen molar-refractivity contribution in [3.8, 4) is 40.1 Å². The predicted molar refractivity (Wildman–Crippen MR) is 140 cm³/mol. The fourth-order valence-electron chi connectivity index (χ4n) is 4.84. The summed E-state index contributed by atoms with van der Waals surface area (Å²) >= 11 is 0. The molecule has 5 rings (SSSR count). The molecule has 16 heteroatoms. The van der Waals surface area contributed by atoms with E-state index in [1.54, 1.807) is 0 Å². The summed E-state index contributed by atoms with van der Waals surface area (Å²) in [7, 11) is 0. The lowest BCUT2D eigenvalue weighted by Crippen LogP contribution is -2.61. The van der Waals surface area contributed by atoms with Gasteiger partial charge in [0.2, 0.25) is 17.5 Å². The van der Waals surface area contributed by atoms with Crippen molar-refractivity contribution in [2.75, 3.05) is 6.61 Å². The van der Waals surface area contributed by atoms with Crippen LogP contribution in [0.25, 0.3) is 22.3 Å². The minimum Gasteiger partial charge on any atom is -0.508 e. The van der Waals surface area contributed by atoms with Gasteiger partial charge >= 0.3 is 0 Å². The zero-order chi connectivity index (χ0) is 31.3. The van der Waals surface area contributed by atoms with Gasteiger partial charge in [0, 0.05) is 17.7 Å². The molecule has 0 spiro atoms. The molecule has 0 amide bonds. The second kappa shape index (κ2) is 11.8. The Morgan fingerprint density at radius 1 is 0.744 bits per heavy atom. The van der Waals surface area contributed by atoms with E-state index in [2.05, 4.69) is 0 Å². The molecule has 10 atom stereocenters. The lowest BCUT2D eigenvalue weighted by Gasteiger charge is -2.42. The van der Waals surface area contributed by atoms with Crippen LogP contribution in [0.2, 0.25) is 0 Å². The topological polar surface area (TPSA) is 269 Å². The highest BCUT2D eigenvalue weighted by Crippen LogP contribution is 2.39. The van der Waals surface area contributed by atoms with Crippen LogP contribution in [0.5, 0.6) is 28.7 Å². The van der Waals surface area contributed by atoms with Gasteiger partial charge < -0.3 is 74.4 Å². The summed E-state index contributed by atoms with van der Waals surface area (Å²) in [5.74, 6) is -3.33. The first-order chi connectivity index (χ1) is 20.3. The molecule has 0 radical (unpaired) electrons. The second-order valence-electron chi connectivity index (χ2n) is 10.3. The lowest BCUT2D eigenvalue weighted by atomic mass is 9.98. The van der Waals surface area contributed by atoms with E-state index in [0.717, 1.165) is 24.3 Å². The molecule has 2 fully saturated rings. The lowest BCUT2D eigenvalue weighted by molar-refractivity contribution is -0.318. The first-order valence-corrected chi connectivity index (χ1v) is 13.0. The molecule has 0 aliphatic carbocycles. The maximum Gasteiger partial charge on any atom is 0.239 e. The Bertz CT molecular complexity index is 1540. The summed E-state index contributed by atoms with van der Waals surface area (Å²) in [4.78, 5) is 13.6. The van der Waals surface area contributed by atoms with Crippen LogP contribution in [0.4, 0.5) is 0 Å². The molecule has 16 nitrogen and oxygen atoms in total. The number of fused-ring (bicyclic) bond motifs is 1. The number of aliphatic hydroxyl groups excluding tert-OH is 6. The quantitative estimate of drug-likeness (QED) is 0.140. The van der Waals surface area contributed by atoms with Gasteiger partial charge in [-0.25, -0.2) is 0 Å². The molecule has 0 unspecified atom stereocenters. The minimum absolute atomic E-state index is 0.0313. The number of aliphatic hydroxyl groups is 6. The molecule has 0 bridgehead atoms. The standard InChI is InChI=1S/C27H30O16/c1-8-17(32)20(35)22(37)26(40-8)39-7-15-18(33)21(36)23(38)27(42-15)43-25-19(34)16-13(31)5-10(28)6-14(16)41-24(25)9-2-3-11(29)12(30)4-9/h2-6,8,15,17-18,20-23,26-33,35-38H,7H2,1H3/t8-,15+,17-,18-,20+,21+,22+,23+,26+,27+/m0/s1. The SMILES string of the molecule is C[C@@H]1O[C@@H](OC[C@H]2O[C@H](Oc3c(-c4ccc(O)c(O)c4)oc4cc(O)cc(O)c4c3=O)[C@H](O)[C@H](O)[C@H]2O)[C@H](O)[C@H](O)[C@H]1O. The van der Waals surface area contributed by atoms with Crippen molar-refractivity contribution in [1.82, 2.24) is 0 Å². The predicted octanol–water partition coefficient (Wildman–Crippen LogP) is -1.69. The number of phenolic OH excluding ortho intramolecular Hbond substituents is 4. The van der Waals surface area contributed by atoms with Crippen molar-refractivity contribution >= 4 is 11.0 Å². The molecule has 2 saturated heterocycles. The van der Waals surface area contributed by atoms with Crippen molar-refractivity contribution < 1.29 is 74.4 Å². The van der Waals surface area contributed by atoms with Gasteiger partial charge in [0.1, 0.15) is 65.2 Å². The van der Waals surface area contributed by atoms with E-state index in [1.165, 1.54) is 13.0 Å². The average molecular weight is 611 g/mol. The molecule has 234 valence electrons. The molecule has 3 heterocycles. The van der Waals surface area contributed by atoms with Crippen LogP contribution >= 0.6 is 0 Å². The van der Waals surface area contributed by atoms with Crippen molar-refractivity contribution in [2.24, 2.45) is 0 Å². The van der Waals surface area contributed by atoms with Crippen molar-refractivity contribution in [3.63, 3.8) is 0 Å². The van der Waals surface area contributed by atoms with Crippen LogP contribution in [-0.2, 0) is 14.2 Å². The van der Waals surface area contributed by atoms with Crippen LogP contribution in [0.15, 0.2) is 39.5 Å². The summed E-state index contributed by atoms with van der Waals surface area (Å²) in [6.45, 7) is 0.818. The Kier molecular flexibility index (Phi) is 8.41. The van der Waals surface area contributed by atoms with E-state index >= 15 is 0 Å². The van der Waals surface area contributed by atoms with Gasteiger partial charge in [-0.2, -0.15) is 0 Å². The third-order valence-electron chi connectivity index (χ3n) is 7.29. The molecule has 2 aliphatic heterocycles. The van der Waals surface area contributed by atoms with Gasteiger partial charge in [-0.15, -0.1) is 0 Å². The molecule has 43 heavy (non-hydrogen) atoms. The van der Waals surface area contributed by atoms with Gasteiger partial charge in [-0.3, -0.25) is 4.79 Å². The zero-order valence-electron chi connectivity index (χ0n) is 22.3. The average Bonchev–Trinajstić information content (AvgIpc) is 2.96. The smallest absolute Gasteiger partial charge is 0.239 e. The van der Waals surface area contributed by atoms with Crippen molar-refractivity contribution in [2.45, 2.75) is 68.3 Å². The third-order valence-corrected chi connectivity index (χ3v) is 7.29. The molecular formula is C27H30O16. The van der Waals surface area contributed by atoms with E-state index in [4.69, 9.17) is 23.4 Å². The van der Waals surface area contributed by atoms with Gasteiger partial charge in [0.15, 0.2) is 23.5 Å². The van der Waals surface area contributed by atoms with E-state index in [9.17, 15) is 55.9 Å². The molecule has 2 aromatic carbocycles. The van der Waals surface area contributed by atoms with Gasteiger partial charge in [-0.05, 0) is 25.1 Å². The summed E-state index contributed by atoms with van der Waals surface area (Å²) < 4.78 is 27.8. The van der Waals surface area contributed by atoms with Gasteiger partial charge in [0.05, 0.1) is 12.7 Å². The third kappa shape index (κ3) is 5.67. The fourth-order valence-corrected chi connectivity index (χ4v) is 4.84. The van der Waals surface area contributed by atoms with E-state index in [1.807, 2.05) is 0 Å². The Balaban J connectivity index is 1.48. The first kappa shape index (κ1) is 30.7. The van der Waals surface area contributed by atoms with Gasteiger partial charge in [-0.1, -0.05) is 0 Å². The molecular weight excluding hydrogens is 580 g/mol. The number of aromatic hydroxyl groups is 4. The van der Waals surface area contributed by atoms with Crippen LogP contribution in [0.3, 0.4) is 0 Å². The number of ether oxygens (including phenoxy) is 4. The largest absolute Gasteiger partial charge is 0.508 e. The van der Waals surface area contributed by atoms with Crippen molar-refractivity contribution in [3.05, 3.63) is 40.6 Å². The maximum atomic E-state index is 13.6. The zero-order valence-corrected chi connectivity index (χ0v) is 22.3. The minimum atomic E-state index is -1.97. The molecule has 10 N–H and O–H groups in total. The highest BCUT2D eigenvalue weighted by atomic mass is 16.7. The van der Waals surface area contributed by atoms with E-state index in [-0.39, 0.29) is 11.1 Å². The van der Waals surface area contributed by atoms with Crippen LogP contribution in [0, 0.1) is 0 Å². The first-order valence-electron chi connectivity index (χ1n) is 13.0. The number of hydrogen-bond acceptors (Lipinski definition) is 16. The summed E-state index contributed by atoms with van der Waals surface area (Å²) in [5.41, 5.74) is -1.35. The van der Waals surface area contributed by atoms with E-state index < -0.39 is 113 Å². The number of benzene rings is 2. The highest BCUT2D eigenvalue weighted by molar-refractivity contribution is 5.88. The summed E-state index contributed by atoms with van der Waals surface area (Å²) in [6, 6.07) is 5.24. The van der Waals surface area contributed by atoms with Crippen LogP contribution in [-0.4, -0.2) is 119 Å².